The largest absolute Gasteiger partial charge is 0.345 e. The third-order valence-electron chi connectivity index (χ3n) is 3.42. The van der Waals surface area contributed by atoms with Gasteiger partial charge < -0.3 is 16.0 Å². The van der Waals surface area contributed by atoms with Gasteiger partial charge in [0.15, 0.2) is 0 Å². The van der Waals surface area contributed by atoms with E-state index in [9.17, 15) is 23.2 Å². The Morgan fingerprint density at radius 1 is 0.926 bits per heavy atom. The van der Waals surface area contributed by atoms with E-state index in [4.69, 9.17) is 0 Å². The van der Waals surface area contributed by atoms with Gasteiger partial charge >= 0.3 is 0 Å². The first-order valence-electron chi connectivity index (χ1n) is 7.81. The Labute approximate surface area is 162 Å². The number of amides is 3. The molecule has 0 saturated carbocycles. The Kier molecular flexibility index (Phi) is 7.00. The van der Waals surface area contributed by atoms with Gasteiger partial charge in [0.05, 0.1) is 13.1 Å². The zero-order chi connectivity index (χ0) is 20.0. The number of rotatable bonds is 6. The van der Waals surface area contributed by atoms with E-state index in [0.717, 1.165) is 22.2 Å². The van der Waals surface area contributed by atoms with Crippen molar-refractivity contribution < 1.29 is 23.2 Å². The summed E-state index contributed by atoms with van der Waals surface area (Å²) in [5.41, 5.74) is 1.27. The van der Waals surface area contributed by atoms with Crippen molar-refractivity contribution in [2.75, 3.05) is 18.4 Å². The highest BCUT2D eigenvalue weighted by atomic mass is 79.9. The van der Waals surface area contributed by atoms with E-state index >= 15 is 0 Å². The number of hydrogen-bond donors (Lipinski definition) is 3. The number of carbonyl (C=O) groups excluding carboxylic acids is 3. The number of benzene rings is 2. The van der Waals surface area contributed by atoms with Gasteiger partial charge in [-0.05, 0) is 42.8 Å². The van der Waals surface area contributed by atoms with Gasteiger partial charge in [0.1, 0.15) is 11.6 Å². The molecule has 0 aliphatic rings. The normalized spacial score (nSPS) is 10.2. The fraction of sp³-hybridized carbons (Fsp3) is 0.167. The van der Waals surface area contributed by atoms with Crippen LogP contribution in [0.5, 0.6) is 0 Å². The maximum absolute atomic E-state index is 13.1. The fourth-order valence-electron chi connectivity index (χ4n) is 2.12. The first-order valence-corrected chi connectivity index (χ1v) is 8.61. The quantitative estimate of drug-likeness (QED) is 0.646. The fourth-order valence-corrected chi connectivity index (χ4v) is 2.36. The van der Waals surface area contributed by atoms with Gasteiger partial charge in [0.25, 0.3) is 5.91 Å². The first-order chi connectivity index (χ1) is 12.7. The minimum Gasteiger partial charge on any atom is -0.345 e. The molecule has 0 aliphatic carbocycles. The molecule has 142 valence electrons. The minimum atomic E-state index is -0.899. The molecule has 0 bridgehead atoms. The maximum atomic E-state index is 13.1. The van der Waals surface area contributed by atoms with E-state index in [-0.39, 0.29) is 12.1 Å². The van der Waals surface area contributed by atoms with Crippen LogP contribution in [0.2, 0.25) is 0 Å². The van der Waals surface area contributed by atoms with E-state index in [0.29, 0.717) is 11.8 Å². The van der Waals surface area contributed by atoms with Gasteiger partial charge in [0, 0.05) is 21.8 Å². The molecule has 0 spiro atoms. The van der Waals surface area contributed by atoms with Crippen molar-refractivity contribution >= 4 is 39.3 Å². The summed E-state index contributed by atoms with van der Waals surface area (Å²) in [6.07, 6.45) is 0. The first kappa shape index (κ1) is 20.5. The Hall–Kier alpha value is -2.81. The lowest BCUT2D eigenvalue weighted by atomic mass is 10.2. The molecule has 2 aromatic rings. The molecular formula is C18H16BrF2N3O3. The molecular weight excluding hydrogens is 424 g/mol. The summed E-state index contributed by atoms with van der Waals surface area (Å²) in [7, 11) is 0. The zero-order valence-corrected chi connectivity index (χ0v) is 15.8. The molecule has 3 N–H and O–H groups in total. The van der Waals surface area contributed by atoms with Crippen LogP contribution in [0.4, 0.5) is 14.5 Å². The second-order valence-electron chi connectivity index (χ2n) is 5.63. The number of nitrogens with one attached hydrogen (secondary N) is 3. The van der Waals surface area contributed by atoms with E-state index in [1.54, 1.807) is 18.2 Å². The number of carbonyl (C=O) groups is 3. The Morgan fingerprint density at radius 2 is 1.56 bits per heavy atom. The molecule has 0 radical (unpaired) electrons. The van der Waals surface area contributed by atoms with Gasteiger partial charge in [-0.3, -0.25) is 14.4 Å². The van der Waals surface area contributed by atoms with Crippen LogP contribution in [-0.2, 0) is 9.59 Å². The number of halogens is 3. The molecule has 0 unspecified atom stereocenters. The lowest BCUT2D eigenvalue weighted by Gasteiger charge is -2.09. The average Bonchev–Trinajstić information content (AvgIpc) is 2.60. The smallest absolute Gasteiger partial charge is 0.251 e. The van der Waals surface area contributed by atoms with Crippen LogP contribution < -0.4 is 16.0 Å². The molecule has 0 fully saturated rings. The van der Waals surface area contributed by atoms with Gasteiger partial charge in [-0.25, -0.2) is 8.78 Å². The maximum Gasteiger partial charge on any atom is 0.251 e. The van der Waals surface area contributed by atoms with Crippen LogP contribution in [0.1, 0.15) is 15.9 Å². The summed E-state index contributed by atoms with van der Waals surface area (Å²) in [6, 6.07) is 7.59. The third-order valence-corrected chi connectivity index (χ3v) is 4.31. The number of anilines is 1. The number of hydrogen-bond acceptors (Lipinski definition) is 3. The molecule has 0 heterocycles. The van der Waals surface area contributed by atoms with Crippen molar-refractivity contribution in [2.24, 2.45) is 0 Å². The van der Waals surface area contributed by atoms with E-state index in [2.05, 4.69) is 31.9 Å². The summed E-state index contributed by atoms with van der Waals surface area (Å²) < 4.78 is 27.1. The summed E-state index contributed by atoms with van der Waals surface area (Å²) in [5.74, 6) is -3.67. The zero-order valence-electron chi connectivity index (χ0n) is 14.2. The Balaban J connectivity index is 1.77. The predicted octanol–water partition coefficient (Wildman–Crippen LogP) is 2.52. The highest BCUT2D eigenvalue weighted by Crippen LogP contribution is 2.19. The molecule has 0 saturated heterocycles. The molecule has 0 aliphatic heterocycles. The van der Waals surface area contributed by atoms with Gasteiger partial charge in [-0.1, -0.05) is 15.9 Å². The van der Waals surface area contributed by atoms with Crippen molar-refractivity contribution in [1.29, 1.82) is 0 Å². The lowest BCUT2D eigenvalue weighted by molar-refractivity contribution is -0.123. The molecule has 0 atom stereocenters. The molecule has 9 heteroatoms. The van der Waals surface area contributed by atoms with E-state index in [1.165, 1.54) is 0 Å². The Bertz CT molecular complexity index is 870. The van der Waals surface area contributed by atoms with Gasteiger partial charge in [-0.2, -0.15) is 0 Å². The third kappa shape index (κ3) is 6.45. The summed E-state index contributed by atoms with van der Waals surface area (Å²) in [5, 5.41) is 7.18. The molecule has 0 aromatic heterocycles. The van der Waals surface area contributed by atoms with Crippen LogP contribution in [0.25, 0.3) is 0 Å². The second-order valence-corrected chi connectivity index (χ2v) is 6.48. The van der Waals surface area contributed by atoms with Crippen molar-refractivity contribution in [3.8, 4) is 0 Å². The number of aryl methyl sites for hydroxylation is 1. The lowest BCUT2D eigenvalue weighted by Crippen LogP contribution is -2.40. The van der Waals surface area contributed by atoms with Crippen molar-refractivity contribution in [3.63, 3.8) is 0 Å². The SMILES string of the molecule is Cc1cc(NC(=O)CNC(=O)CNC(=O)c2cc(F)cc(F)c2)ccc1Br. The predicted molar refractivity (Wildman–Crippen MR) is 99.2 cm³/mol. The van der Waals surface area contributed by atoms with Crippen molar-refractivity contribution in [1.82, 2.24) is 10.6 Å². The molecule has 2 rings (SSSR count). The van der Waals surface area contributed by atoms with Crippen molar-refractivity contribution in [3.05, 3.63) is 63.6 Å². The minimum absolute atomic E-state index is 0.247. The van der Waals surface area contributed by atoms with Crippen LogP contribution in [-0.4, -0.2) is 30.8 Å². The van der Waals surface area contributed by atoms with Crippen LogP contribution in [0.3, 0.4) is 0 Å². The highest BCUT2D eigenvalue weighted by Gasteiger charge is 2.12. The Morgan fingerprint density at radius 3 is 2.19 bits per heavy atom. The summed E-state index contributed by atoms with van der Waals surface area (Å²) >= 11 is 3.35. The van der Waals surface area contributed by atoms with Gasteiger partial charge in [0.2, 0.25) is 11.8 Å². The molecule has 2 aromatic carbocycles. The average molecular weight is 440 g/mol. The molecule has 3 amide bonds. The second kappa shape index (κ2) is 9.22. The van der Waals surface area contributed by atoms with Gasteiger partial charge in [-0.15, -0.1) is 0 Å². The standard InChI is InChI=1S/C18H16BrF2N3O3/c1-10-4-14(2-3-15(10)19)24-17(26)9-22-16(25)8-23-18(27)11-5-12(20)7-13(21)6-11/h2-7H,8-9H2,1H3,(H,22,25)(H,23,27)(H,24,26). The van der Waals surface area contributed by atoms with Crippen molar-refractivity contribution in [2.45, 2.75) is 6.92 Å². The molecule has 27 heavy (non-hydrogen) atoms. The summed E-state index contributed by atoms with van der Waals surface area (Å²) in [6.45, 7) is 1.13. The van der Waals surface area contributed by atoms with E-state index in [1.807, 2.05) is 6.92 Å². The van der Waals surface area contributed by atoms with Crippen LogP contribution in [0, 0.1) is 18.6 Å². The topological polar surface area (TPSA) is 87.3 Å². The van der Waals surface area contributed by atoms with Crippen LogP contribution in [0.15, 0.2) is 40.9 Å². The summed E-state index contributed by atoms with van der Waals surface area (Å²) in [4.78, 5) is 35.3. The molecule has 6 nitrogen and oxygen atoms in total. The van der Waals surface area contributed by atoms with E-state index < -0.39 is 35.9 Å². The highest BCUT2D eigenvalue weighted by molar-refractivity contribution is 9.10. The van der Waals surface area contributed by atoms with Crippen LogP contribution >= 0.6 is 15.9 Å². The monoisotopic (exact) mass is 439 g/mol.